The second-order valence-electron chi connectivity index (χ2n) is 15.5. The summed E-state index contributed by atoms with van der Waals surface area (Å²) >= 11 is 0. The minimum absolute atomic E-state index is 0.00448. The highest BCUT2D eigenvalue weighted by molar-refractivity contribution is 6.13. The molecule has 0 atom stereocenters. The van der Waals surface area contributed by atoms with Gasteiger partial charge in [-0.15, -0.1) is 0 Å². The molecule has 0 amide bonds. The van der Waals surface area contributed by atoms with Crippen LogP contribution in [-0.2, 0) is 6.18 Å². The van der Waals surface area contributed by atoms with Crippen LogP contribution in [-0.4, -0.2) is 9.13 Å². The number of aromatic nitrogens is 2. The molecule has 0 unspecified atom stereocenters. The van der Waals surface area contributed by atoms with Gasteiger partial charge >= 0.3 is 6.18 Å². The Morgan fingerprint density at radius 3 is 1.44 bits per heavy atom. The summed E-state index contributed by atoms with van der Waals surface area (Å²) in [6, 6.07) is 47.3. The van der Waals surface area contributed by atoms with Crippen molar-refractivity contribution in [3.63, 3.8) is 0 Å². The Bertz CT molecular complexity index is 3950. The van der Waals surface area contributed by atoms with Gasteiger partial charge in [0.25, 0.3) is 0 Å². The van der Waals surface area contributed by atoms with Gasteiger partial charge in [-0.2, -0.15) is 23.7 Å². The Balaban J connectivity index is 1.37. The molecule has 11 heteroatoms. The van der Waals surface area contributed by atoms with Gasteiger partial charge in [-0.3, -0.25) is 0 Å². The Morgan fingerprint density at radius 1 is 0.424 bits per heavy atom. The molecule has 8 nitrogen and oxygen atoms in total. The number of fused-ring (bicyclic) bond motifs is 6. The van der Waals surface area contributed by atoms with Crippen LogP contribution in [0.25, 0.3) is 108 Å². The van der Waals surface area contributed by atoms with E-state index in [1.807, 2.05) is 100 Å². The average molecular weight is 855 g/mol. The van der Waals surface area contributed by atoms with Crippen LogP contribution in [0.1, 0.15) is 16.7 Å². The summed E-state index contributed by atoms with van der Waals surface area (Å²) in [4.78, 5) is 14.7. The Hall–Kier alpha value is -9.91. The molecule has 8 aromatic carbocycles. The third-order valence-corrected chi connectivity index (χ3v) is 11.8. The zero-order valence-electron chi connectivity index (χ0n) is 34.1. The topological polar surface area (TPSA) is 74.9 Å². The van der Waals surface area contributed by atoms with Gasteiger partial charge in [-0.25, -0.2) is 19.4 Å². The third-order valence-electron chi connectivity index (χ3n) is 11.8. The van der Waals surface area contributed by atoms with E-state index in [1.165, 1.54) is 24.3 Å². The summed E-state index contributed by atoms with van der Waals surface area (Å²) < 4.78 is 49.1. The van der Waals surface area contributed by atoms with Crippen LogP contribution in [0.4, 0.5) is 35.9 Å². The number of hydrogen-bond acceptors (Lipinski definition) is 2. The highest BCUT2D eigenvalue weighted by atomic mass is 19.4. The minimum atomic E-state index is -4.88. The monoisotopic (exact) mass is 854 g/mol. The van der Waals surface area contributed by atoms with E-state index in [4.69, 9.17) is 26.3 Å². The predicted octanol–water partition coefficient (Wildman–Crippen LogP) is 15.8. The molecule has 10 aromatic rings. The number of rotatable bonds is 5. The summed E-state index contributed by atoms with van der Waals surface area (Å²) in [6.07, 6.45) is -4.88. The van der Waals surface area contributed by atoms with Crippen LogP contribution in [0, 0.1) is 49.0 Å². The molecule has 2 heterocycles. The van der Waals surface area contributed by atoms with E-state index in [1.54, 1.807) is 36.4 Å². The third kappa shape index (κ3) is 6.51. The molecular formula is C55H25F3N8. The van der Waals surface area contributed by atoms with Crippen molar-refractivity contribution in [3.8, 4) is 56.9 Å². The van der Waals surface area contributed by atoms with Crippen molar-refractivity contribution in [3.05, 3.63) is 214 Å². The lowest BCUT2D eigenvalue weighted by molar-refractivity contribution is -0.137. The lowest BCUT2D eigenvalue weighted by Gasteiger charge is -2.21. The lowest BCUT2D eigenvalue weighted by atomic mass is 9.94. The smallest absolute Gasteiger partial charge is 0.308 e. The maximum absolute atomic E-state index is 15.0. The SMILES string of the molecule is [C-]#[N+]c1cc(C#N)cc(-c2ccc3c4ccccc4n(-c4cc(-c5ccc(C#N)cc5C(F)(F)F)c([N+]#[C-])cc4-n4c5ccccc5c5ccc(-c6cc([N+]#[C-])cc([N+]#[C-])c6)cc54)c3c2)c1. The summed E-state index contributed by atoms with van der Waals surface area (Å²) in [7, 11) is 0. The predicted molar refractivity (Wildman–Crippen MR) is 251 cm³/mol. The van der Waals surface area contributed by atoms with Crippen LogP contribution in [0.2, 0.25) is 0 Å². The molecular weight excluding hydrogens is 830 g/mol. The number of benzene rings is 8. The van der Waals surface area contributed by atoms with E-state index in [-0.39, 0.29) is 28.1 Å². The lowest BCUT2D eigenvalue weighted by Crippen LogP contribution is -2.09. The van der Waals surface area contributed by atoms with Crippen LogP contribution in [0.15, 0.2) is 152 Å². The molecule has 0 fully saturated rings. The molecule has 10 rings (SSSR count). The standard InChI is InChI=1S/C55H25F3N8/c1-61-38-20-33(31-60)19-36(22-38)34-14-17-44-42-9-5-7-11-49(42)65(51(44)25-34)53-28-46(41-16-13-32(30-59)21-47(41)55(56,57)58)48(64-4)29-54(53)66-50-12-8-6-10-43(50)45-18-15-35(26-52(45)66)37-23-39(62-2)27-40(24-37)63-3/h5-29H. The molecule has 0 N–H and O–H groups in total. The Labute approximate surface area is 375 Å². The fourth-order valence-electron chi connectivity index (χ4n) is 8.93. The largest absolute Gasteiger partial charge is 0.417 e. The molecule has 0 aliphatic carbocycles. The number of nitriles is 2. The van der Waals surface area contributed by atoms with Crippen molar-refractivity contribution in [2.75, 3.05) is 0 Å². The molecule has 0 aliphatic heterocycles. The average Bonchev–Trinajstić information content (AvgIpc) is 3.87. The maximum Gasteiger partial charge on any atom is 0.417 e. The molecule has 2 aromatic heterocycles. The number of hydrogen-bond donors (Lipinski definition) is 0. The highest BCUT2D eigenvalue weighted by Crippen LogP contribution is 2.47. The zero-order valence-corrected chi connectivity index (χ0v) is 34.1. The molecule has 0 bridgehead atoms. The second-order valence-corrected chi connectivity index (χ2v) is 15.5. The normalized spacial score (nSPS) is 11.2. The van der Waals surface area contributed by atoms with E-state index in [2.05, 4.69) is 25.4 Å². The van der Waals surface area contributed by atoms with Gasteiger partial charge in [-0.05, 0) is 100 Å². The van der Waals surface area contributed by atoms with Crippen molar-refractivity contribution in [2.45, 2.75) is 6.18 Å². The van der Waals surface area contributed by atoms with E-state index in [0.29, 0.717) is 67.1 Å². The van der Waals surface area contributed by atoms with E-state index in [0.717, 1.165) is 33.1 Å². The van der Waals surface area contributed by atoms with Crippen LogP contribution < -0.4 is 0 Å². The van der Waals surface area contributed by atoms with Gasteiger partial charge < -0.3 is 9.13 Å². The first-order valence-corrected chi connectivity index (χ1v) is 20.1. The van der Waals surface area contributed by atoms with Crippen molar-refractivity contribution in [1.29, 1.82) is 10.5 Å². The van der Waals surface area contributed by atoms with Gasteiger partial charge in [0.15, 0.2) is 22.7 Å². The summed E-state index contributed by atoms with van der Waals surface area (Å²) in [5, 5.41) is 22.9. The first-order valence-electron chi connectivity index (χ1n) is 20.1. The Kier molecular flexibility index (Phi) is 9.41. The highest BCUT2D eigenvalue weighted by Gasteiger charge is 2.35. The van der Waals surface area contributed by atoms with E-state index >= 15 is 13.2 Å². The van der Waals surface area contributed by atoms with Crippen molar-refractivity contribution >= 4 is 66.4 Å². The quantitative estimate of drug-likeness (QED) is 0.162. The molecule has 0 radical (unpaired) electrons. The van der Waals surface area contributed by atoms with Gasteiger partial charge in [-0.1, -0.05) is 84.9 Å². The fourth-order valence-corrected chi connectivity index (χ4v) is 8.93. The minimum Gasteiger partial charge on any atom is -0.308 e. The van der Waals surface area contributed by atoms with Gasteiger partial charge in [0.1, 0.15) is 0 Å². The van der Waals surface area contributed by atoms with Crippen molar-refractivity contribution in [2.24, 2.45) is 0 Å². The first-order chi connectivity index (χ1) is 32.0. The number of halogens is 3. The Morgan fingerprint density at radius 2 is 0.924 bits per heavy atom. The summed E-state index contributed by atoms with van der Waals surface area (Å²) in [5.74, 6) is 0. The zero-order chi connectivity index (χ0) is 45.9. The second kappa shape index (κ2) is 15.5. The van der Waals surface area contributed by atoms with Gasteiger partial charge in [0.05, 0.1) is 83.0 Å². The van der Waals surface area contributed by atoms with E-state index < -0.39 is 11.7 Å². The molecule has 306 valence electrons. The van der Waals surface area contributed by atoms with Gasteiger partial charge in [0, 0.05) is 27.1 Å². The summed E-state index contributed by atoms with van der Waals surface area (Å²) in [6.45, 7) is 31.6. The molecule has 0 aliphatic rings. The number of nitrogens with zero attached hydrogens (tertiary/aromatic N) is 8. The number of alkyl halides is 3. The fraction of sp³-hybridized carbons (Fsp3) is 0.0182. The van der Waals surface area contributed by atoms with Crippen molar-refractivity contribution < 1.29 is 13.2 Å². The van der Waals surface area contributed by atoms with Crippen molar-refractivity contribution in [1.82, 2.24) is 9.13 Å². The maximum atomic E-state index is 15.0. The van der Waals surface area contributed by atoms with Gasteiger partial charge in [0.2, 0.25) is 0 Å². The van der Waals surface area contributed by atoms with Crippen LogP contribution in [0.3, 0.4) is 0 Å². The number of para-hydroxylation sites is 2. The van der Waals surface area contributed by atoms with Crippen LogP contribution >= 0.6 is 0 Å². The van der Waals surface area contributed by atoms with Crippen LogP contribution in [0.5, 0.6) is 0 Å². The first kappa shape index (κ1) is 40.2. The van der Waals surface area contributed by atoms with E-state index in [9.17, 15) is 10.5 Å². The summed E-state index contributed by atoms with van der Waals surface area (Å²) in [5.41, 5.74) is 5.91. The molecule has 0 saturated carbocycles. The molecule has 66 heavy (non-hydrogen) atoms. The molecule has 0 saturated heterocycles. The molecule has 0 spiro atoms.